The summed E-state index contributed by atoms with van der Waals surface area (Å²) in [6.45, 7) is 3.30. The molecule has 0 unspecified atom stereocenters. The van der Waals surface area contributed by atoms with Crippen LogP contribution in [0.5, 0.6) is 5.75 Å². The van der Waals surface area contributed by atoms with Crippen molar-refractivity contribution >= 4 is 34.8 Å². The van der Waals surface area contributed by atoms with Crippen molar-refractivity contribution in [1.29, 1.82) is 0 Å². The molecule has 6 nitrogen and oxygen atoms in total. The van der Waals surface area contributed by atoms with E-state index in [4.69, 9.17) is 16.3 Å². The molecule has 2 fully saturated rings. The summed E-state index contributed by atoms with van der Waals surface area (Å²) in [6, 6.07) is 15.1. The molecule has 2 aromatic carbocycles. The lowest BCUT2D eigenvalue weighted by atomic mass is 10.1. The third-order valence-corrected chi connectivity index (χ3v) is 5.89. The molecule has 2 aromatic rings. The normalized spacial score (nSPS) is 19.6. The first-order valence-corrected chi connectivity index (χ1v) is 10.2. The Hall–Kier alpha value is -2.73. The van der Waals surface area contributed by atoms with E-state index < -0.39 is 0 Å². The van der Waals surface area contributed by atoms with E-state index in [2.05, 4.69) is 4.90 Å². The van der Waals surface area contributed by atoms with Crippen LogP contribution in [0.4, 0.5) is 11.4 Å². The summed E-state index contributed by atoms with van der Waals surface area (Å²) in [5.41, 5.74) is 1.92. The van der Waals surface area contributed by atoms with E-state index in [9.17, 15) is 9.59 Å². The van der Waals surface area contributed by atoms with Crippen LogP contribution in [0.1, 0.15) is 6.42 Å². The summed E-state index contributed by atoms with van der Waals surface area (Å²) in [4.78, 5) is 31.3. The van der Waals surface area contributed by atoms with Crippen molar-refractivity contribution in [3.05, 3.63) is 53.6 Å². The molecule has 0 aliphatic carbocycles. The number of carbonyl (C=O) groups excluding carboxylic acids is 2. The molecule has 0 radical (unpaired) electrons. The van der Waals surface area contributed by atoms with E-state index in [1.54, 1.807) is 12.0 Å². The van der Waals surface area contributed by atoms with Gasteiger partial charge in [0.2, 0.25) is 11.8 Å². The minimum Gasteiger partial charge on any atom is -0.497 e. The highest BCUT2D eigenvalue weighted by Crippen LogP contribution is 2.28. The third kappa shape index (κ3) is 4.17. The van der Waals surface area contributed by atoms with Gasteiger partial charge < -0.3 is 19.4 Å². The monoisotopic (exact) mass is 413 g/mol. The molecular formula is C22H24ClN3O3. The Kier molecular flexibility index (Phi) is 5.62. The Morgan fingerprint density at radius 3 is 2.21 bits per heavy atom. The zero-order valence-electron chi connectivity index (χ0n) is 16.4. The molecule has 2 heterocycles. The van der Waals surface area contributed by atoms with Crippen LogP contribution in [0.2, 0.25) is 5.02 Å². The molecule has 0 N–H and O–H groups in total. The quantitative estimate of drug-likeness (QED) is 0.773. The van der Waals surface area contributed by atoms with Crippen LogP contribution in [0, 0.1) is 5.92 Å². The van der Waals surface area contributed by atoms with Crippen molar-refractivity contribution in [3.8, 4) is 5.75 Å². The average molecular weight is 414 g/mol. The van der Waals surface area contributed by atoms with Gasteiger partial charge in [-0.1, -0.05) is 11.6 Å². The fourth-order valence-electron chi connectivity index (χ4n) is 3.98. The minimum absolute atomic E-state index is 0.00619. The summed E-state index contributed by atoms with van der Waals surface area (Å²) in [5, 5.41) is 0.717. The Bertz CT molecular complexity index is 877. The van der Waals surface area contributed by atoms with Gasteiger partial charge in [-0.15, -0.1) is 0 Å². The number of hydrogen-bond donors (Lipinski definition) is 0. The Morgan fingerprint density at radius 1 is 0.966 bits per heavy atom. The van der Waals surface area contributed by atoms with E-state index in [0.29, 0.717) is 19.6 Å². The number of ether oxygens (including phenoxy) is 1. The topological polar surface area (TPSA) is 53.1 Å². The van der Waals surface area contributed by atoms with E-state index >= 15 is 0 Å². The van der Waals surface area contributed by atoms with Gasteiger partial charge in [0, 0.05) is 55.5 Å². The number of carbonyl (C=O) groups is 2. The first kappa shape index (κ1) is 19.6. The molecule has 0 bridgehead atoms. The zero-order chi connectivity index (χ0) is 20.4. The molecule has 0 spiro atoms. The van der Waals surface area contributed by atoms with E-state index in [1.807, 2.05) is 53.4 Å². The number of halogens is 1. The minimum atomic E-state index is -0.285. The maximum Gasteiger partial charge on any atom is 0.228 e. The van der Waals surface area contributed by atoms with Crippen molar-refractivity contribution < 1.29 is 14.3 Å². The second-order valence-corrected chi connectivity index (χ2v) is 7.83. The van der Waals surface area contributed by atoms with Gasteiger partial charge in [0.05, 0.1) is 13.0 Å². The van der Waals surface area contributed by atoms with Crippen LogP contribution in [-0.2, 0) is 9.59 Å². The van der Waals surface area contributed by atoms with Gasteiger partial charge >= 0.3 is 0 Å². The number of nitrogens with zero attached hydrogens (tertiary/aromatic N) is 3. The Morgan fingerprint density at radius 2 is 1.59 bits per heavy atom. The highest BCUT2D eigenvalue weighted by atomic mass is 35.5. The number of hydrogen-bond acceptors (Lipinski definition) is 4. The molecule has 0 aromatic heterocycles. The van der Waals surface area contributed by atoms with Gasteiger partial charge in [-0.2, -0.15) is 0 Å². The summed E-state index contributed by atoms with van der Waals surface area (Å²) >= 11 is 5.96. The number of rotatable bonds is 4. The summed E-state index contributed by atoms with van der Waals surface area (Å²) in [5.74, 6) is 0.525. The molecule has 2 saturated heterocycles. The van der Waals surface area contributed by atoms with Gasteiger partial charge in [0.25, 0.3) is 0 Å². The molecule has 1 atom stereocenters. The van der Waals surface area contributed by atoms with Crippen molar-refractivity contribution in [2.75, 3.05) is 49.6 Å². The molecule has 0 saturated carbocycles. The summed E-state index contributed by atoms with van der Waals surface area (Å²) < 4.78 is 5.17. The molecule has 4 rings (SSSR count). The van der Waals surface area contributed by atoms with Gasteiger partial charge in [-0.3, -0.25) is 9.59 Å². The average Bonchev–Trinajstić information content (AvgIpc) is 3.15. The molecule has 7 heteroatoms. The number of piperazine rings is 1. The van der Waals surface area contributed by atoms with Gasteiger partial charge in [-0.25, -0.2) is 0 Å². The van der Waals surface area contributed by atoms with Crippen LogP contribution < -0.4 is 14.5 Å². The van der Waals surface area contributed by atoms with E-state index in [1.165, 1.54) is 0 Å². The van der Waals surface area contributed by atoms with Gasteiger partial charge in [-0.05, 0) is 48.5 Å². The highest BCUT2D eigenvalue weighted by Gasteiger charge is 2.37. The second-order valence-electron chi connectivity index (χ2n) is 7.39. The molecule has 2 aliphatic heterocycles. The lowest BCUT2D eigenvalue weighted by Gasteiger charge is -2.37. The van der Waals surface area contributed by atoms with Crippen molar-refractivity contribution in [3.63, 3.8) is 0 Å². The van der Waals surface area contributed by atoms with Gasteiger partial charge in [0.15, 0.2) is 0 Å². The zero-order valence-corrected chi connectivity index (χ0v) is 17.1. The maximum absolute atomic E-state index is 13.0. The SMILES string of the molecule is COc1ccc(N2C[C@H](C(=O)N3CCN(c4ccc(Cl)cc4)CC3)CC2=O)cc1. The smallest absolute Gasteiger partial charge is 0.228 e. The summed E-state index contributed by atoms with van der Waals surface area (Å²) in [7, 11) is 1.61. The fourth-order valence-corrected chi connectivity index (χ4v) is 4.11. The number of methoxy groups -OCH3 is 1. The second kappa shape index (κ2) is 8.33. The Balaban J connectivity index is 1.35. The molecule has 29 heavy (non-hydrogen) atoms. The van der Waals surface area contributed by atoms with Gasteiger partial charge in [0.1, 0.15) is 5.75 Å². The Labute approximate surface area is 175 Å². The molecule has 2 aliphatic rings. The van der Waals surface area contributed by atoms with Crippen molar-refractivity contribution in [2.45, 2.75) is 6.42 Å². The standard InChI is InChI=1S/C22H24ClN3O3/c1-29-20-8-6-19(7-9-20)26-15-16(14-21(26)27)22(28)25-12-10-24(11-13-25)18-4-2-17(23)3-5-18/h2-9,16H,10-15H2,1H3/t16-/m1/s1. The van der Waals surface area contributed by atoms with Crippen LogP contribution in [0.25, 0.3) is 0 Å². The number of benzene rings is 2. The first-order chi connectivity index (χ1) is 14.0. The largest absolute Gasteiger partial charge is 0.497 e. The first-order valence-electron chi connectivity index (χ1n) is 9.79. The third-order valence-electron chi connectivity index (χ3n) is 5.64. The van der Waals surface area contributed by atoms with E-state index in [-0.39, 0.29) is 24.2 Å². The van der Waals surface area contributed by atoms with Crippen LogP contribution in [0.3, 0.4) is 0 Å². The fraction of sp³-hybridized carbons (Fsp3) is 0.364. The molecule has 152 valence electrons. The molecular weight excluding hydrogens is 390 g/mol. The number of anilines is 2. The van der Waals surface area contributed by atoms with Crippen molar-refractivity contribution in [1.82, 2.24) is 4.90 Å². The van der Waals surface area contributed by atoms with Crippen LogP contribution >= 0.6 is 11.6 Å². The molecule has 2 amide bonds. The number of amides is 2. The summed E-state index contributed by atoms with van der Waals surface area (Å²) in [6.07, 6.45) is 0.266. The predicted molar refractivity (Wildman–Crippen MR) is 114 cm³/mol. The lowest BCUT2D eigenvalue weighted by molar-refractivity contribution is -0.136. The highest BCUT2D eigenvalue weighted by molar-refractivity contribution is 6.30. The predicted octanol–water partition coefficient (Wildman–Crippen LogP) is 3.05. The lowest BCUT2D eigenvalue weighted by Crippen LogP contribution is -2.50. The van der Waals surface area contributed by atoms with Crippen LogP contribution in [0.15, 0.2) is 48.5 Å². The van der Waals surface area contributed by atoms with Crippen LogP contribution in [-0.4, -0.2) is 56.5 Å². The maximum atomic E-state index is 13.0. The van der Waals surface area contributed by atoms with E-state index in [0.717, 1.165) is 35.2 Å². The van der Waals surface area contributed by atoms with Crippen molar-refractivity contribution in [2.24, 2.45) is 5.92 Å².